The van der Waals surface area contributed by atoms with Crippen molar-refractivity contribution in [2.24, 2.45) is 0 Å². The number of esters is 2. The molecule has 11 nitrogen and oxygen atoms in total. The van der Waals surface area contributed by atoms with Crippen LogP contribution in [0.15, 0.2) is 41.8 Å². The van der Waals surface area contributed by atoms with Gasteiger partial charge >= 0.3 is 11.9 Å². The van der Waals surface area contributed by atoms with Gasteiger partial charge in [-0.15, -0.1) is 0 Å². The fraction of sp³-hybridized carbons (Fsp3) is 0.565. The summed E-state index contributed by atoms with van der Waals surface area (Å²) in [7, 11) is -1.54. The highest BCUT2D eigenvalue weighted by atomic mass is 32.2. The summed E-state index contributed by atoms with van der Waals surface area (Å²) < 4.78 is 60.4. The molecular weight excluding hydrogens is 484 g/mol. The molecule has 1 aromatic carbocycles. The Hall–Kier alpha value is -2.35. The SMILES string of the molecule is C=CC1(C(=O)OC)COCCO1.COC(=O)C1(C(C)OS(=O)(=O)c2ccc(C)cc2)COCCO1. The smallest absolute Gasteiger partial charge is 0.344 e. The molecule has 2 aliphatic heterocycles. The first-order valence-corrected chi connectivity index (χ1v) is 12.2. The first-order chi connectivity index (χ1) is 16.6. The third-order valence-corrected chi connectivity index (χ3v) is 6.83. The fourth-order valence-electron chi connectivity index (χ4n) is 3.31. The lowest BCUT2D eigenvalue weighted by molar-refractivity contribution is -0.215. The second-order valence-corrected chi connectivity index (χ2v) is 9.35. The Bertz CT molecular complexity index is 960. The highest BCUT2D eigenvalue weighted by Gasteiger charge is 2.51. The average molecular weight is 517 g/mol. The second-order valence-electron chi connectivity index (χ2n) is 7.77. The van der Waals surface area contributed by atoms with Gasteiger partial charge < -0.3 is 28.4 Å². The van der Waals surface area contributed by atoms with Gasteiger partial charge in [0.15, 0.2) is 0 Å². The predicted octanol–water partition coefficient (Wildman–Crippen LogP) is 1.18. The lowest BCUT2D eigenvalue weighted by atomic mass is 9.98. The van der Waals surface area contributed by atoms with Gasteiger partial charge in [-0.05, 0) is 32.1 Å². The zero-order valence-electron chi connectivity index (χ0n) is 20.3. The van der Waals surface area contributed by atoms with Crippen LogP contribution in [0.3, 0.4) is 0 Å². The summed E-state index contributed by atoms with van der Waals surface area (Å²) in [4.78, 5) is 23.3. The molecule has 0 saturated carbocycles. The van der Waals surface area contributed by atoms with Gasteiger partial charge in [-0.25, -0.2) is 9.59 Å². The molecule has 3 unspecified atom stereocenters. The minimum absolute atomic E-state index is 0.00620. The Morgan fingerprint density at radius 1 is 0.971 bits per heavy atom. The Labute approximate surface area is 205 Å². The molecule has 0 radical (unpaired) electrons. The van der Waals surface area contributed by atoms with E-state index in [1.807, 2.05) is 6.92 Å². The quantitative estimate of drug-likeness (QED) is 0.294. The minimum atomic E-state index is -4.05. The van der Waals surface area contributed by atoms with E-state index in [4.69, 9.17) is 27.9 Å². The minimum Gasteiger partial charge on any atom is -0.467 e. The van der Waals surface area contributed by atoms with Gasteiger partial charge in [-0.3, -0.25) is 4.18 Å². The van der Waals surface area contributed by atoms with Crippen molar-refractivity contribution in [3.8, 4) is 0 Å². The van der Waals surface area contributed by atoms with E-state index in [0.717, 1.165) is 5.56 Å². The summed E-state index contributed by atoms with van der Waals surface area (Å²) in [6, 6.07) is 6.22. The normalized spacial score (nSPS) is 25.4. The van der Waals surface area contributed by atoms with Crippen LogP contribution in [0.5, 0.6) is 0 Å². The monoisotopic (exact) mass is 516 g/mol. The van der Waals surface area contributed by atoms with E-state index in [9.17, 15) is 18.0 Å². The van der Waals surface area contributed by atoms with Gasteiger partial charge in [0, 0.05) is 0 Å². The number of ether oxygens (including phenoxy) is 6. The Morgan fingerprint density at radius 3 is 2.00 bits per heavy atom. The molecule has 0 bridgehead atoms. The van der Waals surface area contributed by atoms with Crippen molar-refractivity contribution in [3.05, 3.63) is 42.5 Å². The first kappa shape index (κ1) is 28.9. The van der Waals surface area contributed by atoms with Crippen molar-refractivity contribution in [2.75, 3.05) is 53.9 Å². The molecule has 0 aliphatic carbocycles. The molecule has 3 rings (SSSR count). The third-order valence-electron chi connectivity index (χ3n) is 5.44. The first-order valence-electron chi connectivity index (χ1n) is 10.8. The molecule has 1 aromatic rings. The summed E-state index contributed by atoms with van der Waals surface area (Å²) in [5, 5.41) is 0. The van der Waals surface area contributed by atoms with Crippen molar-refractivity contribution in [1.82, 2.24) is 0 Å². The number of aryl methyl sites for hydroxylation is 1. The second kappa shape index (κ2) is 12.6. The highest BCUT2D eigenvalue weighted by Crippen LogP contribution is 2.28. The largest absolute Gasteiger partial charge is 0.467 e. The lowest BCUT2D eigenvalue weighted by Crippen LogP contribution is -2.58. The highest BCUT2D eigenvalue weighted by molar-refractivity contribution is 7.86. The predicted molar refractivity (Wildman–Crippen MR) is 122 cm³/mol. The van der Waals surface area contributed by atoms with Gasteiger partial charge in [-0.1, -0.05) is 24.3 Å². The molecule has 2 heterocycles. The number of methoxy groups -OCH3 is 2. The number of hydrogen-bond acceptors (Lipinski definition) is 11. The van der Waals surface area contributed by atoms with Crippen molar-refractivity contribution in [3.63, 3.8) is 0 Å². The van der Waals surface area contributed by atoms with Crippen molar-refractivity contribution in [1.29, 1.82) is 0 Å². The van der Waals surface area contributed by atoms with Crippen LogP contribution in [0.1, 0.15) is 12.5 Å². The van der Waals surface area contributed by atoms with E-state index < -0.39 is 39.4 Å². The van der Waals surface area contributed by atoms with Crippen LogP contribution in [0, 0.1) is 6.92 Å². The van der Waals surface area contributed by atoms with E-state index >= 15 is 0 Å². The maximum Gasteiger partial charge on any atom is 0.344 e. The molecule has 3 atom stereocenters. The molecule has 2 aliphatic rings. The fourth-order valence-corrected chi connectivity index (χ4v) is 4.42. The zero-order chi connectivity index (χ0) is 26.1. The van der Waals surface area contributed by atoms with Crippen LogP contribution >= 0.6 is 0 Å². The molecular formula is C23H32O11S. The van der Waals surface area contributed by atoms with Crippen LogP contribution in [0.25, 0.3) is 0 Å². The molecule has 2 fully saturated rings. The van der Waals surface area contributed by atoms with Crippen molar-refractivity contribution in [2.45, 2.75) is 36.0 Å². The van der Waals surface area contributed by atoms with Gasteiger partial charge in [-0.2, -0.15) is 8.42 Å². The van der Waals surface area contributed by atoms with E-state index in [1.54, 1.807) is 12.1 Å². The maximum absolute atomic E-state index is 12.4. The van der Waals surface area contributed by atoms with Crippen LogP contribution < -0.4 is 0 Å². The van der Waals surface area contributed by atoms with Crippen LogP contribution in [-0.4, -0.2) is 91.5 Å². The van der Waals surface area contributed by atoms with E-state index in [0.29, 0.717) is 19.8 Å². The molecule has 0 aromatic heterocycles. The van der Waals surface area contributed by atoms with Gasteiger partial charge in [0.25, 0.3) is 10.1 Å². The Morgan fingerprint density at radius 2 is 1.54 bits per heavy atom. The third kappa shape index (κ3) is 6.87. The Kier molecular flexibility index (Phi) is 10.4. The number of rotatable bonds is 7. The molecule has 0 amide bonds. The summed E-state index contributed by atoms with van der Waals surface area (Å²) in [5.41, 5.74) is -1.77. The number of benzene rings is 1. The van der Waals surface area contributed by atoms with Crippen LogP contribution in [0.2, 0.25) is 0 Å². The summed E-state index contributed by atoms with van der Waals surface area (Å²) in [6.07, 6.45) is 0.305. The number of hydrogen-bond donors (Lipinski definition) is 0. The van der Waals surface area contributed by atoms with E-state index in [2.05, 4.69) is 11.3 Å². The van der Waals surface area contributed by atoms with Crippen molar-refractivity contribution < 1.29 is 50.6 Å². The molecule has 2 saturated heterocycles. The van der Waals surface area contributed by atoms with E-state index in [-0.39, 0.29) is 24.7 Å². The van der Waals surface area contributed by atoms with E-state index in [1.165, 1.54) is 39.4 Å². The maximum atomic E-state index is 12.4. The van der Waals surface area contributed by atoms with Gasteiger partial charge in [0.1, 0.15) is 6.10 Å². The van der Waals surface area contributed by atoms with Crippen molar-refractivity contribution >= 4 is 22.1 Å². The zero-order valence-corrected chi connectivity index (χ0v) is 21.1. The molecule has 0 N–H and O–H groups in total. The summed E-state index contributed by atoms with van der Waals surface area (Å²) in [5.74, 6) is -1.19. The van der Waals surface area contributed by atoms with Crippen LogP contribution in [0.4, 0.5) is 0 Å². The van der Waals surface area contributed by atoms with Gasteiger partial charge in [0.2, 0.25) is 11.2 Å². The number of carbonyl (C=O) groups is 2. The average Bonchev–Trinajstić information content (AvgIpc) is 2.88. The standard InChI is InChI=1S/C15H20O7S.C8H12O4/c1-11-4-6-13(7-5-11)23(17,18)22-12(2)15(14(16)19-3)10-20-8-9-21-15;1-3-8(7(9)10-2)6-11-4-5-12-8/h4-7,12H,8-10H2,1-3H3;3H,1,4-6H2,2H3. The Balaban J connectivity index is 0.000000303. The summed E-state index contributed by atoms with van der Waals surface area (Å²) >= 11 is 0. The van der Waals surface area contributed by atoms with Crippen LogP contribution in [-0.2, 0) is 52.3 Å². The van der Waals surface area contributed by atoms with Gasteiger partial charge in [0.05, 0.1) is 58.8 Å². The topological polar surface area (TPSA) is 133 Å². The number of carbonyl (C=O) groups excluding carboxylic acids is 2. The molecule has 35 heavy (non-hydrogen) atoms. The molecule has 0 spiro atoms. The summed E-state index contributed by atoms with van der Waals surface area (Å²) in [6.45, 7) is 8.22. The molecule has 12 heteroatoms. The lowest BCUT2D eigenvalue weighted by Gasteiger charge is -2.37. The molecule has 196 valence electrons.